The zero-order valence-corrected chi connectivity index (χ0v) is 12.6. The van der Waals surface area contributed by atoms with Crippen LogP contribution in [-0.4, -0.2) is 41.5 Å². The number of para-hydroxylation sites is 1. The van der Waals surface area contributed by atoms with E-state index < -0.39 is 0 Å². The van der Waals surface area contributed by atoms with Gasteiger partial charge < -0.3 is 15.2 Å². The fraction of sp³-hybridized carbons (Fsp3) is 0.471. The number of hydrogen-bond acceptors (Lipinski definition) is 2. The van der Waals surface area contributed by atoms with Crippen LogP contribution in [0.25, 0.3) is 10.9 Å². The Hall–Kier alpha value is -1.81. The lowest BCUT2D eigenvalue weighted by Crippen LogP contribution is -2.46. The van der Waals surface area contributed by atoms with Gasteiger partial charge in [0.05, 0.1) is 0 Å². The predicted octanol–water partition coefficient (Wildman–Crippen LogP) is 2.77. The van der Waals surface area contributed by atoms with Gasteiger partial charge in [0.15, 0.2) is 0 Å². The number of fused-ring (bicyclic) bond motifs is 1. The third kappa shape index (κ3) is 2.95. The second-order valence-corrected chi connectivity index (χ2v) is 5.75. The molecule has 1 saturated heterocycles. The molecule has 0 unspecified atom stereocenters. The lowest BCUT2D eigenvalue weighted by molar-refractivity contribution is 0.0637. The number of hydrogen-bond donors (Lipinski definition) is 2. The maximum absolute atomic E-state index is 12.9. The van der Waals surface area contributed by atoms with Gasteiger partial charge in [-0.3, -0.25) is 4.79 Å². The van der Waals surface area contributed by atoms with Gasteiger partial charge in [-0.05, 0) is 44.5 Å². The molecule has 0 bridgehead atoms. The number of carbonyl (C=O) groups is 1. The molecule has 2 N–H and O–H groups in total. The number of rotatable bonds is 4. The van der Waals surface area contributed by atoms with Crippen LogP contribution in [0, 0.1) is 0 Å². The molecule has 0 saturated carbocycles. The third-order valence-electron chi connectivity index (χ3n) is 4.24. The van der Waals surface area contributed by atoms with Gasteiger partial charge in [-0.2, -0.15) is 0 Å². The van der Waals surface area contributed by atoms with E-state index in [4.69, 9.17) is 0 Å². The van der Waals surface area contributed by atoms with E-state index in [0.29, 0.717) is 11.7 Å². The molecule has 0 radical (unpaired) electrons. The van der Waals surface area contributed by atoms with Crippen molar-refractivity contribution in [2.75, 3.05) is 19.6 Å². The molecule has 21 heavy (non-hydrogen) atoms. The van der Waals surface area contributed by atoms with Crippen molar-refractivity contribution in [3.63, 3.8) is 0 Å². The molecule has 0 spiro atoms. The van der Waals surface area contributed by atoms with Gasteiger partial charge in [-0.1, -0.05) is 25.1 Å². The number of benzene rings is 1. The zero-order valence-electron chi connectivity index (χ0n) is 12.6. The smallest absolute Gasteiger partial charge is 0.270 e. The zero-order chi connectivity index (χ0) is 14.7. The van der Waals surface area contributed by atoms with E-state index in [1.54, 1.807) is 0 Å². The van der Waals surface area contributed by atoms with Crippen LogP contribution >= 0.6 is 0 Å². The predicted molar refractivity (Wildman–Crippen MR) is 85.5 cm³/mol. The maximum atomic E-state index is 12.9. The summed E-state index contributed by atoms with van der Waals surface area (Å²) < 4.78 is 0. The Balaban J connectivity index is 1.85. The van der Waals surface area contributed by atoms with Gasteiger partial charge in [0.25, 0.3) is 5.91 Å². The first kappa shape index (κ1) is 14.1. The summed E-state index contributed by atoms with van der Waals surface area (Å²) in [4.78, 5) is 18.2. The highest BCUT2D eigenvalue weighted by Crippen LogP contribution is 2.19. The number of nitrogens with one attached hydrogen (secondary N) is 2. The van der Waals surface area contributed by atoms with Crippen molar-refractivity contribution in [3.8, 4) is 0 Å². The largest absolute Gasteiger partial charge is 0.351 e. The maximum Gasteiger partial charge on any atom is 0.270 e. The quantitative estimate of drug-likeness (QED) is 0.907. The number of aromatic amines is 1. The molecule has 1 aliphatic heterocycles. The van der Waals surface area contributed by atoms with Crippen LogP contribution in [-0.2, 0) is 0 Å². The molecule has 1 aromatic carbocycles. The van der Waals surface area contributed by atoms with Gasteiger partial charge in [0.1, 0.15) is 5.69 Å². The van der Waals surface area contributed by atoms with Crippen molar-refractivity contribution >= 4 is 16.8 Å². The van der Waals surface area contributed by atoms with E-state index >= 15 is 0 Å². The van der Waals surface area contributed by atoms with E-state index in [2.05, 4.69) is 22.1 Å². The topological polar surface area (TPSA) is 48.1 Å². The van der Waals surface area contributed by atoms with E-state index in [1.165, 1.54) is 0 Å². The Morgan fingerprint density at radius 3 is 2.76 bits per heavy atom. The molecular weight excluding hydrogens is 262 g/mol. The van der Waals surface area contributed by atoms with Crippen LogP contribution in [0.5, 0.6) is 0 Å². The number of piperidine rings is 1. The first-order valence-corrected chi connectivity index (χ1v) is 7.89. The molecule has 0 atom stereocenters. The molecule has 2 heterocycles. The number of H-pyrrole nitrogens is 1. The molecule has 1 aromatic heterocycles. The number of amides is 1. The molecule has 1 amide bonds. The average Bonchev–Trinajstić information content (AvgIpc) is 2.97. The van der Waals surface area contributed by atoms with Crippen molar-refractivity contribution in [1.29, 1.82) is 0 Å². The van der Waals surface area contributed by atoms with Gasteiger partial charge in [-0.25, -0.2) is 0 Å². The normalized spacial score (nSPS) is 16.2. The monoisotopic (exact) mass is 285 g/mol. The Labute approximate surface area is 125 Å². The van der Waals surface area contributed by atoms with Gasteiger partial charge in [-0.15, -0.1) is 0 Å². The number of carbonyl (C=O) groups excluding carboxylic acids is 1. The summed E-state index contributed by atoms with van der Waals surface area (Å²) in [6.45, 7) is 4.97. The minimum atomic E-state index is 0.139. The molecule has 3 rings (SSSR count). The van der Waals surface area contributed by atoms with Crippen molar-refractivity contribution in [3.05, 3.63) is 36.0 Å². The van der Waals surface area contributed by atoms with Crippen molar-refractivity contribution in [2.45, 2.75) is 32.2 Å². The summed E-state index contributed by atoms with van der Waals surface area (Å²) in [6.07, 6.45) is 3.09. The Morgan fingerprint density at radius 1 is 1.29 bits per heavy atom. The van der Waals surface area contributed by atoms with Gasteiger partial charge in [0.2, 0.25) is 0 Å². The first-order chi connectivity index (χ1) is 10.3. The molecule has 1 fully saturated rings. The van der Waals surface area contributed by atoms with Gasteiger partial charge >= 0.3 is 0 Å². The van der Waals surface area contributed by atoms with Crippen LogP contribution in [0.15, 0.2) is 30.3 Å². The summed E-state index contributed by atoms with van der Waals surface area (Å²) in [5.41, 5.74) is 1.74. The number of aromatic nitrogens is 1. The van der Waals surface area contributed by atoms with Crippen molar-refractivity contribution < 1.29 is 4.79 Å². The second kappa shape index (κ2) is 6.31. The summed E-state index contributed by atoms with van der Waals surface area (Å²) >= 11 is 0. The van der Waals surface area contributed by atoms with E-state index in [1.807, 2.05) is 30.3 Å². The standard InChI is InChI=1S/C17H23N3O/c1-2-11-20(14-7-9-18-10-8-14)17(21)16-12-13-5-3-4-6-15(13)19-16/h3-6,12,14,18-19H,2,7-11H2,1H3. The van der Waals surface area contributed by atoms with Crippen molar-refractivity contribution in [2.24, 2.45) is 0 Å². The summed E-state index contributed by atoms with van der Waals surface area (Å²) in [5, 5.41) is 4.47. The highest BCUT2D eigenvalue weighted by atomic mass is 16.2. The van der Waals surface area contributed by atoms with E-state index in [-0.39, 0.29) is 5.91 Å². The van der Waals surface area contributed by atoms with Crippen LogP contribution in [0.3, 0.4) is 0 Å². The van der Waals surface area contributed by atoms with Crippen LogP contribution in [0.4, 0.5) is 0 Å². The van der Waals surface area contributed by atoms with E-state index in [9.17, 15) is 4.79 Å². The van der Waals surface area contributed by atoms with Crippen LogP contribution in [0.1, 0.15) is 36.7 Å². The van der Waals surface area contributed by atoms with Crippen LogP contribution in [0.2, 0.25) is 0 Å². The first-order valence-electron chi connectivity index (χ1n) is 7.89. The SMILES string of the molecule is CCCN(C(=O)c1cc2ccccc2[nH]1)C1CCNCC1. The van der Waals surface area contributed by atoms with Gasteiger partial charge in [0, 0.05) is 23.5 Å². The van der Waals surface area contributed by atoms with Crippen molar-refractivity contribution in [1.82, 2.24) is 15.2 Å². The highest BCUT2D eigenvalue weighted by molar-refractivity contribution is 5.98. The average molecular weight is 285 g/mol. The Kier molecular flexibility index (Phi) is 4.25. The third-order valence-corrected chi connectivity index (χ3v) is 4.24. The molecule has 112 valence electrons. The summed E-state index contributed by atoms with van der Waals surface area (Å²) in [5.74, 6) is 0.139. The van der Waals surface area contributed by atoms with Crippen LogP contribution < -0.4 is 5.32 Å². The van der Waals surface area contributed by atoms with E-state index in [0.717, 1.165) is 49.8 Å². The lowest BCUT2D eigenvalue weighted by Gasteiger charge is -2.34. The minimum absolute atomic E-state index is 0.139. The minimum Gasteiger partial charge on any atom is -0.351 e. The molecule has 2 aromatic rings. The summed E-state index contributed by atoms with van der Waals surface area (Å²) in [7, 11) is 0. The fourth-order valence-corrected chi connectivity index (χ4v) is 3.15. The second-order valence-electron chi connectivity index (χ2n) is 5.75. The lowest BCUT2D eigenvalue weighted by atomic mass is 10.0. The molecule has 0 aliphatic carbocycles. The molecular formula is C17H23N3O. The Morgan fingerprint density at radius 2 is 2.05 bits per heavy atom. The number of nitrogens with zero attached hydrogens (tertiary/aromatic N) is 1. The fourth-order valence-electron chi connectivity index (χ4n) is 3.15. The molecule has 1 aliphatic rings. The molecule has 4 heteroatoms. The highest BCUT2D eigenvalue weighted by Gasteiger charge is 2.26. The Bertz CT molecular complexity index is 580. The molecule has 4 nitrogen and oxygen atoms in total. The summed E-state index contributed by atoms with van der Waals surface area (Å²) in [6, 6.07) is 10.4.